The molecule has 0 aromatic heterocycles. The third-order valence-electron chi connectivity index (χ3n) is 3.38. The molecule has 4 radical (unpaired) electrons. The van der Waals surface area contributed by atoms with Crippen molar-refractivity contribution in [1.29, 1.82) is 0 Å². The van der Waals surface area contributed by atoms with E-state index in [9.17, 15) is 0 Å². The van der Waals surface area contributed by atoms with Crippen molar-refractivity contribution < 1.29 is 123 Å². The molecule has 3 rings (SSSR count). The molecule has 0 amide bonds. The van der Waals surface area contributed by atoms with Crippen LogP contribution in [0.15, 0.2) is 72.8 Å². The molecule has 2 aromatic carbocycles. The summed E-state index contributed by atoms with van der Waals surface area (Å²) in [6.45, 7) is 54.0. The van der Waals surface area contributed by atoms with Gasteiger partial charge in [0.15, 0.2) is 0 Å². The van der Waals surface area contributed by atoms with Gasteiger partial charge in [-0.25, -0.2) is 0 Å². The predicted octanol–water partition coefficient (Wildman–Crippen LogP) is 3.67. The summed E-state index contributed by atoms with van der Waals surface area (Å²) in [5, 5.41) is 0. The summed E-state index contributed by atoms with van der Waals surface area (Å²) >= 11 is 0. The molecule has 0 fully saturated rings. The molecule has 1 aliphatic carbocycles. The molecule has 12 nitrogen and oxygen atoms in total. The van der Waals surface area contributed by atoms with Gasteiger partial charge >= 0.3 is 136 Å². The fourth-order valence-electron chi connectivity index (χ4n) is 2.40. The van der Waals surface area contributed by atoms with Crippen LogP contribution < -0.4 is 0 Å². The summed E-state index contributed by atoms with van der Waals surface area (Å²) in [6.07, 6.45) is 3.65. The summed E-state index contributed by atoms with van der Waals surface area (Å²) < 4.78 is 90.0. The number of allylic oxidation sites excluding steroid dienone is 2. The molecular weight excluding hydrogens is 812 g/mol. The first kappa shape index (κ1) is 90.4. The molecule has 0 N–H and O–H groups in total. The second kappa shape index (κ2) is 131. The van der Waals surface area contributed by atoms with Crippen molar-refractivity contribution in [3.8, 4) is 23.7 Å². The molecule has 2 aromatic rings. The quantitative estimate of drug-likeness (QED) is 0.239. The van der Waals surface area contributed by atoms with Crippen LogP contribution in [0.4, 0.5) is 0 Å². The Morgan fingerprint density at radius 1 is 0.312 bits per heavy atom. The van der Waals surface area contributed by atoms with Crippen LogP contribution in [-0.2, 0) is 123 Å². The van der Waals surface area contributed by atoms with E-state index in [2.05, 4.69) is 152 Å². The Labute approximate surface area is 320 Å². The maximum absolute atomic E-state index is 7.50. The monoisotopic (exact) mass is 826 g/mol. The van der Waals surface area contributed by atoms with E-state index in [4.69, 9.17) is 55.8 Å². The van der Waals surface area contributed by atoms with E-state index < -0.39 is 0 Å². The first-order valence-corrected chi connectivity index (χ1v) is 9.17. The molecule has 0 spiro atoms. The Hall–Kier alpha value is -3.79. The van der Waals surface area contributed by atoms with Gasteiger partial charge in [-0.1, -0.05) is 84.3 Å². The SMILES string of the molecule is C1#C[C@@H](c2ccccc2)[C@H](c2ccccc2)C#C/C=C\1.[C-]#[O+].[C-]#[O+].[C-]#[O+].[C-]#[O+].[C-]#[O+].[C-]#[O+].[C-]#[O+].[C-]#[O+].[C-]#[O+].[C-]#[O+].[C-]#[O+].[C-]#[O+].[Co].[Co].[Co].[Co]. The second-order valence-corrected chi connectivity index (χ2v) is 4.69. The second-order valence-electron chi connectivity index (χ2n) is 4.69. The van der Waals surface area contributed by atoms with Crippen molar-refractivity contribution in [2.24, 2.45) is 0 Å². The predicted molar refractivity (Wildman–Crippen MR) is 130 cm³/mol. The summed E-state index contributed by atoms with van der Waals surface area (Å²) in [5.74, 6) is 13.1. The van der Waals surface area contributed by atoms with E-state index in [0.29, 0.717) is 0 Å². The topological polar surface area (TPSA) is 239 Å². The zero-order chi connectivity index (χ0) is 37.6. The van der Waals surface area contributed by atoms with Crippen molar-refractivity contribution in [2.45, 2.75) is 11.8 Å². The molecule has 250 valence electrons. The minimum absolute atomic E-state index is 0. The van der Waals surface area contributed by atoms with Crippen molar-refractivity contribution in [3.05, 3.63) is 164 Å². The van der Waals surface area contributed by atoms with Crippen molar-refractivity contribution in [3.63, 3.8) is 0 Å². The summed E-state index contributed by atoms with van der Waals surface area (Å²) in [6, 6.07) is 20.8. The molecule has 0 bridgehead atoms. The fraction of sp³-hybridized carbons (Fsp3) is 0.0625. The molecule has 48 heavy (non-hydrogen) atoms. The third kappa shape index (κ3) is 65.0. The van der Waals surface area contributed by atoms with Gasteiger partial charge in [0, 0.05) is 67.1 Å². The summed E-state index contributed by atoms with van der Waals surface area (Å²) in [4.78, 5) is 0. The molecule has 0 saturated heterocycles. The van der Waals surface area contributed by atoms with E-state index in [0.717, 1.165) is 0 Å². The van der Waals surface area contributed by atoms with Gasteiger partial charge in [0.25, 0.3) is 0 Å². The van der Waals surface area contributed by atoms with Crippen LogP contribution in [0.2, 0.25) is 0 Å². The van der Waals surface area contributed by atoms with Crippen LogP contribution in [0.25, 0.3) is 0 Å². The van der Waals surface area contributed by atoms with E-state index in [1.807, 2.05) is 24.3 Å². The minimum atomic E-state index is 0. The van der Waals surface area contributed by atoms with Crippen LogP contribution in [0.5, 0.6) is 0 Å². The first-order chi connectivity index (χ1) is 21.9. The number of hydrogen-bond acceptors (Lipinski definition) is 0. The zero-order valence-corrected chi connectivity index (χ0v) is 27.5. The zero-order valence-electron chi connectivity index (χ0n) is 23.3. The first-order valence-electron chi connectivity index (χ1n) is 9.17. The molecule has 0 saturated carbocycles. The maximum atomic E-state index is 7.50. The van der Waals surface area contributed by atoms with Crippen LogP contribution in [0, 0.1) is 103 Å². The molecule has 2 atom stereocenters. The van der Waals surface area contributed by atoms with Gasteiger partial charge in [0.05, 0.1) is 11.8 Å². The van der Waals surface area contributed by atoms with Gasteiger partial charge in [-0.15, -0.1) is 0 Å². The third-order valence-corrected chi connectivity index (χ3v) is 3.38. The van der Waals surface area contributed by atoms with Gasteiger partial charge in [-0.2, -0.15) is 0 Å². The average molecular weight is 826 g/mol. The van der Waals surface area contributed by atoms with Crippen molar-refractivity contribution in [1.82, 2.24) is 0 Å². The summed E-state index contributed by atoms with van der Waals surface area (Å²) in [5.41, 5.74) is 2.44. The molecule has 0 unspecified atom stereocenters. The smallest absolute Gasteiger partial charge is 0 e. The van der Waals surface area contributed by atoms with E-state index in [1.165, 1.54) is 11.1 Å². The Kier molecular flexibility index (Phi) is 248. The number of benzene rings is 2. The molecule has 0 aliphatic heterocycles. The summed E-state index contributed by atoms with van der Waals surface area (Å²) in [7, 11) is 0. The molecule has 1 aliphatic rings. The minimum Gasteiger partial charge on any atom is 0 e. The van der Waals surface area contributed by atoms with Crippen molar-refractivity contribution >= 4 is 0 Å². The van der Waals surface area contributed by atoms with Gasteiger partial charge < -0.3 is 0 Å². The van der Waals surface area contributed by atoms with E-state index in [1.54, 1.807) is 0 Å². The van der Waals surface area contributed by atoms with Crippen LogP contribution >= 0.6 is 0 Å². The molecule has 0 heterocycles. The molecular formula is C32H14Co4O12. The van der Waals surface area contributed by atoms with Gasteiger partial charge in [-0.05, 0) is 23.3 Å². The largest absolute Gasteiger partial charge is 0 e. The van der Waals surface area contributed by atoms with Crippen LogP contribution in [0.3, 0.4) is 0 Å². The Bertz CT molecular complexity index is 1080. The standard InChI is InChI=1S/C20H14.12CO.4Co/c1-2-10-16-20(18-13-7-4-8-14-18)19(15-9-1)17-11-5-3-6-12-17;12*1-2;;;;/h1-8,11-14,19-20H;;;;;;;;;;;;;;;;/b2-1-;;;;;;;;;;;;;;;;/t19-,20-;;;;;;;;;;;;;;;;/m0................/s1. The maximum Gasteiger partial charge on any atom is 0 e. The van der Waals surface area contributed by atoms with E-state index >= 15 is 0 Å². The Morgan fingerprint density at radius 3 is 0.646 bits per heavy atom. The van der Waals surface area contributed by atoms with Crippen LogP contribution in [0.1, 0.15) is 23.0 Å². The van der Waals surface area contributed by atoms with Crippen LogP contribution in [-0.4, -0.2) is 0 Å². The van der Waals surface area contributed by atoms with Gasteiger partial charge in [0.1, 0.15) is 0 Å². The number of rotatable bonds is 2. The van der Waals surface area contributed by atoms with E-state index in [-0.39, 0.29) is 79.0 Å². The Balaban J connectivity index is -0.0000000297. The van der Waals surface area contributed by atoms with Gasteiger partial charge in [0.2, 0.25) is 0 Å². The average Bonchev–Trinajstić information content (AvgIpc) is 3.19. The van der Waals surface area contributed by atoms with Gasteiger partial charge in [-0.3, -0.25) is 0 Å². The Morgan fingerprint density at radius 2 is 0.479 bits per heavy atom. The number of hydrogen-bond donors (Lipinski definition) is 0. The fourth-order valence-corrected chi connectivity index (χ4v) is 2.40. The normalized spacial score (nSPS) is 9.42. The molecule has 16 heteroatoms. The van der Waals surface area contributed by atoms with Crippen molar-refractivity contribution in [2.75, 3.05) is 0 Å².